The molecule has 0 spiro atoms. The molecule has 0 bridgehead atoms. The van der Waals surface area contributed by atoms with Crippen LogP contribution in [0.15, 0.2) is 0 Å². The molecule has 0 aromatic rings. The molecule has 1 N–H and O–H groups in total. The molecule has 0 aromatic heterocycles. The summed E-state index contributed by atoms with van der Waals surface area (Å²) in [5.41, 5.74) is 0. The molecule has 0 saturated heterocycles. The van der Waals surface area contributed by atoms with E-state index in [4.69, 9.17) is 5.11 Å². The van der Waals surface area contributed by atoms with Crippen molar-refractivity contribution in [2.75, 3.05) is 19.0 Å². The third-order valence-corrected chi connectivity index (χ3v) is 2.33. The molecule has 4 nitrogen and oxygen atoms in total. The molecule has 0 aliphatic rings. The van der Waals surface area contributed by atoms with E-state index in [0.29, 0.717) is 6.42 Å². The molecule has 0 aliphatic carbocycles. The first-order valence-electron chi connectivity index (χ1n) is 3.60. The minimum Gasteiger partial charge on any atom is -0.396 e. The third kappa shape index (κ3) is 6.28. The van der Waals surface area contributed by atoms with Crippen LogP contribution in [0.1, 0.15) is 19.8 Å². The first-order chi connectivity index (χ1) is 5.12. The van der Waals surface area contributed by atoms with Crippen molar-refractivity contribution < 1.29 is 17.7 Å². The van der Waals surface area contributed by atoms with E-state index in [-0.39, 0.29) is 25.4 Å². The molecule has 0 saturated carbocycles. The Morgan fingerprint density at radius 3 is 2.55 bits per heavy atom. The third-order valence-electron chi connectivity index (χ3n) is 1.02. The predicted octanol–water partition coefficient (Wildman–Crippen LogP) is 0.125. The molecular formula is C6H14O4S. The Morgan fingerprint density at radius 1 is 1.45 bits per heavy atom. The summed E-state index contributed by atoms with van der Waals surface area (Å²) >= 11 is 0. The average Bonchev–Trinajstić information content (AvgIpc) is 1.97. The summed E-state index contributed by atoms with van der Waals surface area (Å²) in [4.78, 5) is 0. The van der Waals surface area contributed by atoms with Gasteiger partial charge in [-0.25, -0.2) is 0 Å². The molecule has 0 amide bonds. The van der Waals surface area contributed by atoms with E-state index in [1.807, 2.05) is 6.92 Å². The van der Waals surface area contributed by atoms with Crippen LogP contribution in [0.2, 0.25) is 0 Å². The van der Waals surface area contributed by atoms with Crippen LogP contribution in [0.5, 0.6) is 0 Å². The quantitative estimate of drug-likeness (QED) is 0.593. The molecule has 0 radical (unpaired) electrons. The smallest absolute Gasteiger partial charge is 0.267 e. The number of aliphatic hydroxyl groups excluding tert-OH is 1. The summed E-state index contributed by atoms with van der Waals surface area (Å²) in [7, 11) is -3.37. The van der Waals surface area contributed by atoms with E-state index in [1.54, 1.807) is 0 Å². The Balaban J connectivity index is 3.63. The minimum absolute atomic E-state index is 0.0938. The van der Waals surface area contributed by atoms with Gasteiger partial charge in [-0.15, -0.1) is 0 Å². The van der Waals surface area contributed by atoms with Crippen LogP contribution in [0.4, 0.5) is 0 Å². The lowest BCUT2D eigenvalue weighted by molar-refractivity contribution is 0.286. The van der Waals surface area contributed by atoms with Gasteiger partial charge in [-0.1, -0.05) is 6.92 Å². The lowest BCUT2D eigenvalue weighted by atomic mass is 10.5. The zero-order valence-electron chi connectivity index (χ0n) is 6.62. The van der Waals surface area contributed by atoms with Crippen molar-refractivity contribution >= 4 is 10.1 Å². The van der Waals surface area contributed by atoms with Gasteiger partial charge < -0.3 is 5.11 Å². The van der Waals surface area contributed by atoms with Crippen molar-refractivity contribution in [2.24, 2.45) is 0 Å². The summed E-state index contributed by atoms with van der Waals surface area (Å²) in [5.74, 6) is -0.0938. The van der Waals surface area contributed by atoms with Gasteiger partial charge in [0, 0.05) is 6.61 Å². The van der Waals surface area contributed by atoms with E-state index < -0.39 is 10.1 Å². The van der Waals surface area contributed by atoms with Crippen LogP contribution < -0.4 is 0 Å². The highest BCUT2D eigenvalue weighted by Crippen LogP contribution is 1.96. The number of rotatable bonds is 6. The fourth-order valence-electron chi connectivity index (χ4n) is 0.511. The van der Waals surface area contributed by atoms with Crippen molar-refractivity contribution in [3.05, 3.63) is 0 Å². The molecule has 0 heterocycles. The zero-order chi connectivity index (χ0) is 8.74. The summed E-state index contributed by atoms with van der Waals surface area (Å²) in [6.45, 7) is 1.95. The van der Waals surface area contributed by atoms with Crippen LogP contribution in [0.25, 0.3) is 0 Å². The van der Waals surface area contributed by atoms with Crippen LogP contribution in [0, 0.1) is 0 Å². The molecular weight excluding hydrogens is 168 g/mol. The first-order valence-corrected chi connectivity index (χ1v) is 5.18. The van der Waals surface area contributed by atoms with Gasteiger partial charge in [0.05, 0.1) is 12.4 Å². The fraction of sp³-hybridized carbons (Fsp3) is 1.00. The van der Waals surface area contributed by atoms with Crippen molar-refractivity contribution in [1.29, 1.82) is 0 Å². The molecule has 0 atom stereocenters. The van der Waals surface area contributed by atoms with Crippen molar-refractivity contribution in [3.8, 4) is 0 Å². The number of hydrogen-bond donors (Lipinski definition) is 1. The average molecular weight is 182 g/mol. The van der Waals surface area contributed by atoms with E-state index >= 15 is 0 Å². The van der Waals surface area contributed by atoms with E-state index in [1.165, 1.54) is 0 Å². The second-order valence-corrected chi connectivity index (χ2v) is 3.92. The largest absolute Gasteiger partial charge is 0.396 e. The maximum Gasteiger partial charge on any atom is 0.267 e. The summed E-state index contributed by atoms with van der Waals surface area (Å²) in [6.07, 6.45) is 0.921. The van der Waals surface area contributed by atoms with Gasteiger partial charge in [0.2, 0.25) is 0 Å². The Morgan fingerprint density at radius 2 is 2.09 bits per heavy atom. The summed E-state index contributed by atoms with van der Waals surface area (Å²) < 4.78 is 26.2. The molecule has 11 heavy (non-hydrogen) atoms. The van der Waals surface area contributed by atoms with Gasteiger partial charge >= 0.3 is 0 Å². The Labute approximate surface area is 67.3 Å². The second kappa shape index (κ2) is 5.51. The zero-order valence-corrected chi connectivity index (χ0v) is 7.43. The van der Waals surface area contributed by atoms with Gasteiger partial charge in [0.15, 0.2) is 0 Å². The molecule has 0 fully saturated rings. The lowest BCUT2D eigenvalue weighted by Gasteiger charge is -2.01. The van der Waals surface area contributed by atoms with Crippen LogP contribution in [0.3, 0.4) is 0 Å². The molecule has 0 unspecified atom stereocenters. The highest BCUT2D eigenvalue weighted by atomic mass is 32.2. The standard InChI is InChI=1S/C6H14O4S/c1-2-5-10-11(8,9)6-3-4-7/h7H,2-6H2,1H3. The van der Waals surface area contributed by atoms with Crippen LogP contribution in [-0.2, 0) is 14.3 Å². The predicted molar refractivity (Wildman–Crippen MR) is 41.7 cm³/mol. The second-order valence-electron chi connectivity index (χ2n) is 2.16. The fourth-order valence-corrected chi connectivity index (χ4v) is 1.53. The Kier molecular flexibility index (Phi) is 5.45. The van der Waals surface area contributed by atoms with Gasteiger partial charge in [-0.05, 0) is 12.8 Å². The van der Waals surface area contributed by atoms with Crippen molar-refractivity contribution in [2.45, 2.75) is 19.8 Å². The van der Waals surface area contributed by atoms with Crippen molar-refractivity contribution in [3.63, 3.8) is 0 Å². The van der Waals surface area contributed by atoms with Gasteiger partial charge in [-0.2, -0.15) is 8.42 Å². The highest BCUT2D eigenvalue weighted by Gasteiger charge is 2.08. The molecule has 0 aliphatic heterocycles. The van der Waals surface area contributed by atoms with E-state index in [0.717, 1.165) is 0 Å². The van der Waals surface area contributed by atoms with Gasteiger partial charge in [0.25, 0.3) is 10.1 Å². The van der Waals surface area contributed by atoms with Crippen LogP contribution in [-0.4, -0.2) is 32.5 Å². The van der Waals surface area contributed by atoms with E-state index in [9.17, 15) is 8.42 Å². The Hall–Kier alpha value is -0.130. The van der Waals surface area contributed by atoms with Crippen molar-refractivity contribution in [1.82, 2.24) is 0 Å². The molecule has 0 aromatic carbocycles. The Bertz CT molecular complexity index is 159. The van der Waals surface area contributed by atoms with E-state index in [2.05, 4.69) is 4.18 Å². The number of hydrogen-bond acceptors (Lipinski definition) is 4. The molecule has 5 heteroatoms. The first kappa shape index (κ1) is 10.9. The van der Waals surface area contributed by atoms with Crippen LogP contribution >= 0.6 is 0 Å². The molecule has 0 rings (SSSR count). The molecule has 68 valence electrons. The highest BCUT2D eigenvalue weighted by molar-refractivity contribution is 7.86. The normalized spacial score (nSPS) is 11.8. The summed E-state index contributed by atoms with van der Waals surface area (Å²) in [5, 5.41) is 8.34. The topological polar surface area (TPSA) is 63.6 Å². The van der Waals surface area contributed by atoms with Gasteiger partial charge in [0.1, 0.15) is 0 Å². The monoisotopic (exact) mass is 182 g/mol. The lowest BCUT2D eigenvalue weighted by Crippen LogP contribution is -2.12. The maximum atomic E-state index is 10.8. The van der Waals surface area contributed by atoms with Gasteiger partial charge in [-0.3, -0.25) is 4.18 Å². The summed E-state index contributed by atoms with van der Waals surface area (Å²) in [6, 6.07) is 0. The number of aliphatic hydroxyl groups is 1. The minimum atomic E-state index is -3.37. The maximum absolute atomic E-state index is 10.8. The SMILES string of the molecule is CCCOS(=O)(=O)CCCO.